The molecule has 0 aromatic carbocycles. The minimum Gasteiger partial charge on any atom is -0.481 e. The van der Waals surface area contributed by atoms with E-state index in [-0.39, 0.29) is 58.4 Å². The van der Waals surface area contributed by atoms with Crippen LogP contribution in [0, 0.1) is 68.0 Å². The summed E-state index contributed by atoms with van der Waals surface area (Å²) >= 11 is 0. The number of aliphatic carboxylic acids is 2. The number of carboxylic acids is 2. The molecule has 1 saturated heterocycles. The van der Waals surface area contributed by atoms with Crippen LogP contribution in [-0.4, -0.2) is 58.1 Å². The number of ether oxygens (including phenoxy) is 1. The first-order chi connectivity index (χ1) is 25.1. The highest BCUT2D eigenvalue weighted by atomic mass is 16.5. The monoisotopic (exact) mass is 752 g/mol. The van der Waals surface area contributed by atoms with Gasteiger partial charge in [0, 0.05) is 31.3 Å². The number of hydrogen-bond acceptors (Lipinski definition) is 5. The predicted octanol–water partition coefficient (Wildman–Crippen LogP) is 9.94. The first-order valence-corrected chi connectivity index (χ1v) is 21.7. The van der Waals surface area contributed by atoms with Crippen LogP contribution in [0.15, 0.2) is 12.2 Å². The van der Waals surface area contributed by atoms with E-state index in [4.69, 9.17) is 9.84 Å². The van der Waals surface area contributed by atoms with Crippen LogP contribution in [0.5, 0.6) is 0 Å². The summed E-state index contributed by atoms with van der Waals surface area (Å²) < 4.78 is 6.24. The van der Waals surface area contributed by atoms with Crippen molar-refractivity contribution in [3.63, 3.8) is 0 Å². The van der Waals surface area contributed by atoms with Crippen molar-refractivity contribution in [2.75, 3.05) is 13.1 Å². The van der Waals surface area contributed by atoms with Gasteiger partial charge in [0.1, 0.15) is 6.10 Å². The van der Waals surface area contributed by atoms with Gasteiger partial charge < -0.3 is 19.8 Å². The molecule has 0 radical (unpaired) electrons. The molecule has 8 nitrogen and oxygen atoms in total. The summed E-state index contributed by atoms with van der Waals surface area (Å²) in [5.41, 5.74) is 0.199. The first kappa shape index (κ1) is 41.3. The molecule has 8 heteroatoms. The summed E-state index contributed by atoms with van der Waals surface area (Å²) in [6.45, 7) is 24.2. The lowest BCUT2D eigenvalue weighted by atomic mass is 9.32. The Morgan fingerprint density at radius 2 is 1.48 bits per heavy atom. The second-order valence-electron chi connectivity index (χ2n) is 21.4. The summed E-state index contributed by atoms with van der Waals surface area (Å²) in [4.78, 5) is 53.0. The van der Waals surface area contributed by atoms with Crippen LogP contribution in [0.3, 0.4) is 0 Å². The Morgan fingerprint density at radius 1 is 0.796 bits per heavy atom. The van der Waals surface area contributed by atoms with Crippen molar-refractivity contribution in [2.24, 2.45) is 68.0 Å². The van der Waals surface area contributed by atoms with Crippen molar-refractivity contribution >= 4 is 23.8 Å². The van der Waals surface area contributed by atoms with Gasteiger partial charge in [0.05, 0.1) is 10.8 Å². The van der Waals surface area contributed by atoms with Crippen LogP contribution in [-0.2, 0) is 23.9 Å². The van der Waals surface area contributed by atoms with E-state index in [1.807, 2.05) is 0 Å². The average Bonchev–Trinajstić information content (AvgIpc) is 3.50. The van der Waals surface area contributed by atoms with Crippen LogP contribution < -0.4 is 0 Å². The number of allylic oxidation sites excluding steroid dienone is 1. The fraction of sp³-hybridized carbons (Fsp3) is 0.870. The molecular formula is C46H73NO7. The zero-order valence-corrected chi connectivity index (χ0v) is 35.1. The van der Waals surface area contributed by atoms with Crippen molar-refractivity contribution in [3.8, 4) is 0 Å². The van der Waals surface area contributed by atoms with Crippen LogP contribution in [0.4, 0.5) is 0 Å². The van der Waals surface area contributed by atoms with E-state index >= 15 is 0 Å². The molecule has 0 aromatic heterocycles. The van der Waals surface area contributed by atoms with Gasteiger partial charge in [0.25, 0.3) is 0 Å². The molecule has 6 rings (SSSR count). The van der Waals surface area contributed by atoms with E-state index in [0.29, 0.717) is 41.4 Å². The number of carbonyl (C=O) groups is 4. The molecule has 6 fully saturated rings. The third-order valence-corrected chi connectivity index (χ3v) is 18.1. The van der Waals surface area contributed by atoms with Gasteiger partial charge in [0.2, 0.25) is 5.91 Å². The molecule has 0 unspecified atom stereocenters. The predicted molar refractivity (Wildman–Crippen MR) is 210 cm³/mol. The van der Waals surface area contributed by atoms with Gasteiger partial charge in [-0.15, -0.1) is 0 Å². The van der Waals surface area contributed by atoms with Crippen LogP contribution >= 0.6 is 0 Å². The Kier molecular flexibility index (Phi) is 11.1. The zero-order chi connectivity index (χ0) is 39.6. The maximum Gasteiger partial charge on any atom is 0.309 e. The summed E-state index contributed by atoms with van der Waals surface area (Å²) in [5.74, 6) is 1.21. The summed E-state index contributed by atoms with van der Waals surface area (Å²) in [7, 11) is 0. The van der Waals surface area contributed by atoms with E-state index < -0.39 is 17.4 Å². The van der Waals surface area contributed by atoms with Gasteiger partial charge in [-0.05, 0) is 169 Å². The van der Waals surface area contributed by atoms with Crippen molar-refractivity contribution < 1.29 is 34.1 Å². The van der Waals surface area contributed by atoms with Crippen LogP contribution in [0.2, 0.25) is 0 Å². The molecule has 304 valence electrons. The van der Waals surface area contributed by atoms with Crippen LogP contribution in [0.1, 0.15) is 165 Å². The van der Waals surface area contributed by atoms with E-state index in [9.17, 15) is 24.3 Å². The molecule has 0 spiro atoms. The van der Waals surface area contributed by atoms with Gasteiger partial charge in [-0.25, -0.2) is 0 Å². The maximum atomic E-state index is 15.0. The number of rotatable bonds is 11. The fourth-order valence-corrected chi connectivity index (χ4v) is 14.7. The Labute approximate surface area is 326 Å². The van der Waals surface area contributed by atoms with Gasteiger partial charge in [0.15, 0.2) is 0 Å². The molecule has 5 saturated carbocycles. The molecule has 0 bridgehead atoms. The molecule has 1 aliphatic heterocycles. The molecule has 1 amide bonds. The average molecular weight is 752 g/mol. The molecule has 5 aliphatic carbocycles. The largest absolute Gasteiger partial charge is 0.481 e. The second kappa shape index (κ2) is 14.5. The highest BCUT2D eigenvalue weighted by Crippen LogP contribution is 2.77. The maximum absolute atomic E-state index is 15.0. The zero-order valence-electron chi connectivity index (χ0n) is 35.1. The molecule has 0 aromatic rings. The SMILES string of the molecule is C=C(C)[C@@H]1CC[C@]2(C(=O)N3CCC(CCCC(=O)O)CC3)CC[C@]3(C)[C@H](CC[C@@H]4[C@@]5(C)CC[C@H](OC(=O)CCC(C)(C)C(=O)O)C(C)(C)[C@@H]5CC[C@]43C)[C@@H]12. The van der Waals surface area contributed by atoms with E-state index in [1.165, 1.54) is 12.0 Å². The van der Waals surface area contributed by atoms with E-state index in [0.717, 1.165) is 96.6 Å². The number of amides is 1. The number of carboxylic acid groups (broad SMARTS) is 2. The lowest BCUT2D eigenvalue weighted by Crippen LogP contribution is -2.67. The minimum absolute atomic E-state index is 0.122. The summed E-state index contributed by atoms with van der Waals surface area (Å²) in [6, 6.07) is 0. The molecular weight excluding hydrogens is 679 g/mol. The van der Waals surface area contributed by atoms with Crippen molar-refractivity contribution in [1.29, 1.82) is 0 Å². The van der Waals surface area contributed by atoms with Gasteiger partial charge in [-0.3, -0.25) is 19.2 Å². The first-order valence-electron chi connectivity index (χ1n) is 21.7. The number of likely N-dealkylation sites (tertiary alicyclic amines) is 1. The lowest BCUT2D eigenvalue weighted by Gasteiger charge is -2.73. The van der Waals surface area contributed by atoms with Gasteiger partial charge in [-0.1, -0.05) is 46.8 Å². The Hall–Kier alpha value is -2.38. The van der Waals surface area contributed by atoms with Crippen molar-refractivity contribution in [1.82, 2.24) is 4.90 Å². The number of nitrogens with zero attached hydrogens (tertiary/aromatic N) is 1. The Bertz CT molecular complexity index is 1490. The molecule has 1 heterocycles. The number of hydrogen-bond donors (Lipinski definition) is 2. The van der Waals surface area contributed by atoms with Crippen molar-refractivity contribution in [3.05, 3.63) is 12.2 Å². The molecule has 2 N–H and O–H groups in total. The lowest BCUT2D eigenvalue weighted by molar-refractivity contribution is -0.250. The van der Waals surface area contributed by atoms with E-state index in [1.54, 1.807) is 13.8 Å². The number of carbonyl (C=O) groups excluding carboxylic acids is 2. The molecule has 6 aliphatic rings. The number of piperidine rings is 1. The summed E-state index contributed by atoms with van der Waals surface area (Å²) in [6.07, 6.45) is 14.7. The topological polar surface area (TPSA) is 121 Å². The van der Waals surface area contributed by atoms with Gasteiger partial charge >= 0.3 is 17.9 Å². The van der Waals surface area contributed by atoms with Gasteiger partial charge in [-0.2, -0.15) is 0 Å². The Balaban J connectivity index is 1.19. The quantitative estimate of drug-likeness (QED) is 0.159. The highest BCUT2D eigenvalue weighted by Gasteiger charge is 2.72. The minimum atomic E-state index is -0.958. The fourth-order valence-electron chi connectivity index (χ4n) is 14.7. The highest BCUT2D eigenvalue weighted by molar-refractivity contribution is 5.84. The smallest absolute Gasteiger partial charge is 0.309 e. The number of esters is 1. The van der Waals surface area contributed by atoms with Crippen LogP contribution in [0.25, 0.3) is 0 Å². The van der Waals surface area contributed by atoms with E-state index in [2.05, 4.69) is 53.0 Å². The second-order valence-corrected chi connectivity index (χ2v) is 21.4. The van der Waals surface area contributed by atoms with Crippen molar-refractivity contribution in [2.45, 2.75) is 171 Å². The molecule has 10 atom stereocenters. The summed E-state index contributed by atoms with van der Waals surface area (Å²) in [5, 5.41) is 18.7. The number of fused-ring (bicyclic) bond motifs is 7. The standard InChI is InChI=1S/C46H73NO7/c1-29(2)31-15-24-46(39(51)47-27-19-30(20-28-47)11-10-12-36(48)49)26-25-44(8)32(38(31)46)13-14-34-43(7)22-17-35(42(5,6)33(43)16-23-45(34,44)9)54-37(50)18-21-41(3,4)40(52)53/h30-35,38H,1,10-28H2,2-9H3,(H,48,49)(H,52,53)/t31-,32+,33-,34+,35-,38+,43-,44+,45+,46-/m0/s1. The third kappa shape index (κ3) is 6.67. The normalized spacial score (nSPS) is 40.4. The molecule has 54 heavy (non-hydrogen) atoms. The Morgan fingerprint density at radius 3 is 2.11 bits per heavy atom. The third-order valence-electron chi connectivity index (χ3n) is 18.1.